The molecule has 4 nitrogen and oxygen atoms in total. The summed E-state index contributed by atoms with van der Waals surface area (Å²) >= 11 is 3.35. The summed E-state index contributed by atoms with van der Waals surface area (Å²) in [4.78, 5) is 0. The summed E-state index contributed by atoms with van der Waals surface area (Å²) in [6.45, 7) is 2.23. The van der Waals surface area contributed by atoms with Gasteiger partial charge in [0.05, 0.1) is 11.4 Å². The lowest BCUT2D eigenvalue weighted by Gasteiger charge is -2.10. The number of anilines is 1. The number of hydrogen-bond donors (Lipinski definition) is 2. The molecule has 90 valence electrons. The number of sulfonamides is 1. The van der Waals surface area contributed by atoms with E-state index in [0.29, 0.717) is 18.7 Å². The highest BCUT2D eigenvalue weighted by Gasteiger charge is 2.11. The number of hydrogen-bond acceptors (Lipinski definition) is 3. The molecule has 0 aromatic heterocycles. The zero-order valence-electron chi connectivity index (χ0n) is 9.03. The second-order valence-electron chi connectivity index (χ2n) is 3.48. The van der Waals surface area contributed by atoms with Gasteiger partial charge in [-0.25, -0.2) is 8.42 Å². The zero-order chi connectivity index (χ0) is 12.2. The number of nitrogens with two attached hydrogens (primary N) is 1. The Hall–Kier alpha value is -0.590. The van der Waals surface area contributed by atoms with Gasteiger partial charge in [-0.2, -0.15) is 0 Å². The summed E-state index contributed by atoms with van der Waals surface area (Å²) in [5, 5.41) is 0. The van der Waals surface area contributed by atoms with Gasteiger partial charge in [0.2, 0.25) is 10.0 Å². The van der Waals surface area contributed by atoms with Gasteiger partial charge in [0.25, 0.3) is 0 Å². The fourth-order valence-electron chi connectivity index (χ4n) is 1.21. The highest BCUT2D eigenvalue weighted by Crippen LogP contribution is 2.24. The van der Waals surface area contributed by atoms with Crippen molar-refractivity contribution in [3.63, 3.8) is 0 Å². The lowest BCUT2D eigenvalue weighted by Crippen LogP contribution is -2.19. The topological polar surface area (TPSA) is 72.2 Å². The maximum absolute atomic E-state index is 11.6. The largest absolute Gasteiger partial charge is 0.330 e. The highest BCUT2D eigenvalue weighted by molar-refractivity contribution is 9.10. The van der Waals surface area contributed by atoms with E-state index < -0.39 is 10.0 Å². The van der Waals surface area contributed by atoms with Gasteiger partial charge >= 0.3 is 0 Å². The lowest BCUT2D eigenvalue weighted by atomic mass is 10.2. The molecule has 0 saturated carbocycles. The standard InChI is InChI=1S/C10H15BrN2O2S/c1-8-9(11)4-2-5-10(8)13-16(14,15)7-3-6-12/h2,4-5,13H,3,6-7,12H2,1H3. The van der Waals surface area contributed by atoms with Crippen LogP contribution in [-0.2, 0) is 10.0 Å². The first-order chi connectivity index (χ1) is 7.46. The van der Waals surface area contributed by atoms with Crippen LogP contribution in [0.25, 0.3) is 0 Å². The number of halogens is 1. The van der Waals surface area contributed by atoms with Crippen LogP contribution in [0.3, 0.4) is 0 Å². The van der Waals surface area contributed by atoms with Crippen molar-refractivity contribution in [2.24, 2.45) is 5.73 Å². The lowest BCUT2D eigenvalue weighted by molar-refractivity contribution is 0.598. The third kappa shape index (κ3) is 3.77. The second-order valence-corrected chi connectivity index (χ2v) is 6.17. The molecule has 0 aliphatic carbocycles. The molecule has 1 aromatic rings. The van der Waals surface area contributed by atoms with Crippen molar-refractivity contribution >= 4 is 31.6 Å². The monoisotopic (exact) mass is 306 g/mol. The van der Waals surface area contributed by atoms with E-state index in [0.717, 1.165) is 10.0 Å². The first-order valence-corrected chi connectivity index (χ1v) is 7.36. The van der Waals surface area contributed by atoms with E-state index in [1.165, 1.54) is 0 Å². The van der Waals surface area contributed by atoms with E-state index >= 15 is 0 Å². The quantitative estimate of drug-likeness (QED) is 0.872. The molecule has 0 aliphatic rings. The Morgan fingerprint density at radius 3 is 2.75 bits per heavy atom. The number of rotatable bonds is 5. The van der Waals surface area contributed by atoms with Crippen LogP contribution in [0.1, 0.15) is 12.0 Å². The Bertz CT molecular complexity index is 460. The molecular weight excluding hydrogens is 292 g/mol. The van der Waals surface area contributed by atoms with Crippen molar-refractivity contribution in [1.82, 2.24) is 0 Å². The normalized spacial score (nSPS) is 11.4. The van der Waals surface area contributed by atoms with Gasteiger partial charge in [0.15, 0.2) is 0 Å². The third-order valence-electron chi connectivity index (χ3n) is 2.15. The van der Waals surface area contributed by atoms with Crippen LogP contribution in [-0.4, -0.2) is 20.7 Å². The predicted molar refractivity (Wildman–Crippen MR) is 70.0 cm³/mol. The van der Waals surface area contributed by atoms with Gasteiger partial charge in [-0.15, -0.1) is 0 Å². The van der Waals surface area contributed by atoms with Crippen LogP contribution in [0.15, 0.2) is 22.7 Å². The van der Waals surface area contributed by atoms with Crippen molar-refractivity contribution in [2.45, 2.75) is 13.3 Å². The molecule has 0 radical (unpaired) electrons. The Kier molecular flexibility index (Phi) is 4.76. The molecule has 1 rings (SSSR count). The second kappa shape index (κ2) is 5.65. The summed E-state index contributed by atoms with van der Waals surface area (Å²) in [6.07, 6.45) is 0.461. The van der Waals surface area contributed by atoms with Gasteiger partial charge in [-0.05, 0) is 37.6 Å². The smallest absolute Gasteiger partial charge is 0.232 e. The third-order valence-corrected chi connectivity index (χ3v) is 4.37. The molecule has 0 atom stereocenters. The van der Waals surface area contributed by atoms with Crippen LogP contribution >= 0.6 is 15.9 Å². The van der Waals surface area contributed by atoms with Crippen LogP contribution in [0, 0.1) is 6.92 Å². The number of nitrogens with one attached hydrogen (secondary N) is 1. The summed E-state index contributed by atoms with van der Waals surface area (Å²) < 4.78 is 26.7. The molecule has 6 heteroatoms. The first-order valence-electron chi connectivity index (χ1n) is 4.92. The van der Waals surface area contributed by atoms with Crippen molar-refractivity contribution in [3.05, 3.63) is 28.2 Å². The van der Waals surface area contributed by atoms with Crippen molar-refractivity contribution < 1.29 is 8.42 Å². The highest BCUT2D eigenvalue weighted by atomic mass is 79.9. The predicted octanol–water partition coefficient (Wildman–Crippen LogP) is 1.85. The van der Waals surface area contributed by atoms with Crippen molar-refractivity contribution in [2.75, 3.05) is 17.0 Å². The molecule has 0 aliphatic heterocycles. The Morgan fingerprint density at radius 1 is 1.44 bits per heavy atom. The molecule has 0 unspecified atom stereocenters. The van der Waals surface area contributed by atoms with E-state index in [-0.39, 0.29) is 5.75 Å². The van der Waals surface area contributed by atoms with E-state index in [2.05, 4.69) is 20.7 Å². The zero-order valence-corrected chi connectivity index (χ0v) is 11.4. The van der Waals surface area contributed by atoms with E-state index in [1.807, 2.05) is 13.0 Å². The van der Waals surface area contributed by atoms with Crippen LogP contribution in [0.5, 0.6) is 0 Å². The van der Waals surface area contributed by atoms with E-state index in [1.54, 1.807) is 12.1 Å². The van der Waals surface area contributed by atoms with Gasteiger partial charge < -0.3 is 5.73 Å². The Morgan fingerprint density at radius 2 is 2.12 bits per heavy atom. The summed E-state index contributed by atoms with van der Waals surface area (Å²) in [5.41, 5.74) is 6.76. The fourth-order valence-corrected chi connectivity index (χ4v) is 2.78. The molecule has 0 heterocycles. The minimum Gasteiger partial charge on any atom is -0.330 e. The average Bonchev–Trinajstić information content (AvgIpc) is 2.22. The minimum absolute atomic E-state index is 0.0510. The maximum atomic E-state index is 11.6. The van der Waals surface area contributed by atoms with Crippen molar-refractivity contribution in [3.8, 4) is 0 Å². The summed E-state index contributed by atoms with van der Waals surface area (Å²) in [5.74, 6) is 0.0510. The summed E-state index contributed by atoms with van der Waals surface area (Å²) in [6, 6.07) is 5.39. The fraction of sp³-hybridized carbons (Fsp3) is 0.400. The molecule has 0 spiro atoms. The van der Waals surface area contributed by atoms with Crippen LogP contribution < -0.4 is 10.5 Å². The average molecular weight is 307 g/mol. The minimum atomic E-state index is -3.29. The van der Waals surface area contributed by atoms with Gasteiger partial charge in [-0.1, -0.05) is 22.0 Å². The van der Waals surface area contributed by atoms with Gasteiger partial charge in [-0.3, -0.25) is 4.72 Å². The SMILES string of the molecule is Cc1c(Br)cccc1NS(=O)(=O)CCCN. The molecule has 0 fully saturated rings. The molecule has 0 amide bonds. The first kappa shape index (κ1) is 13.5. The van der Waals surface area contributed by atoms with E-state index in [4.69, 9.17) is 5.73 Å². The van der Waals surface area contributed by atoms with Crippen molar-refractivity contribution in [1.29, 1.82) is 0 Å². The Labute approximate surface area is 104 Å². The van der Waals surface area contributed by atoms with Crippen LogP contribution in [0.4, 0.5) is 5.69 Å². The molecule has 0 saturated heterocycles. The Balaban J connectivity index is 2.84. The van der Waals surface area contributed by atoms with Gasteiger partial charge in [0, 0.05) is 4.47 Å². The molecule has 16 heavy (non-hydrogen) atoms. The molecule has 0 bridgehead atoms. The number of benzene rings is 1. The maximum Gasteiger partial charge on any atom is 0.232 e. The molecule has 3 N–H and O–H groups in total. The summed E-state index contributed by atoms with van der Waals surface area (Å²) in [7, 11) is -3.29. The molecular formula is C10H15BrN2O2S. The van der Waals surface area contributed by atoms with Crippen LogP contribution in [0.2, 0.25) is 0 Å². The molecule has 1 aromatic carbocycles. The van der Waals surface area contributed by atoms with E-state index in [9.17, 15) is 8.42 Å². The van der Waals surface area contributed by atoms with Gasteiger partial charge in [0.1, 0.15) is 0 Å².